The SMILES string of the molecule is CC(C)(C)OC(=O)C#Cc1ccon1. The van der Waals surface area contributed by atoms with Crippen molar-refractivity contribution in [1.29, 1.82) is 0 Å². The average molecular weight is 193 g/mol. The molecule has 4 nitrogen and oxygen atoms in total. The minimum Gasteiger partial charge on any atom is -0.450 e. The maximum atomic E-state index is 11.1. The van der Waals surface area contributed by atoms with Gasteiger partial charge in [0.1, 0.15) is 11.9 Å². The molecule has 0 atom stereocenters. The summed E-state index contributed by atoms with van der Waals surface area (Å²) >= 11 is 0. The van der Waals surface area contributed by atoms with Crippen molar-refractivity contribution in [1.82, 2.24) is 5.16 Å². The first-order valence-electron chi connectivity index (χ1n) is 4.13. The molecule has 1 aromatic heterocycles. The average Bonchev–Trinajstić information content (AvgIpc) is 2.49. The van der Waals surface area contributed by atoms with Crippen LogP contribution in [0.2, 0.25) is 0 Å². The fraction of sp³-hybridized carbons (Fsp3) is 0.400. The molecule has 14 heavy (non-hydrogen) atoms. The van der Waals surface area contributed by atoms with Crippen molar-refractivity contribution >= 4 is 5.97 Å². The van der Waals surface area contributed by atoms with Crippen LogP contribution in [0.5, 0.6) is 0 Å². The van der Waals surface area contributed by atoms with Crippen LogP contribution in [0.3, 0.4) is 0 Å². The largest absolute Gasteiger partial charge is 0.450 e. The summed E-state index contributed by atoms with van der Waals surface area (Å²) in [7, 11) is 0. The van der Waals surface area contributed by atoms with E-state index in [1.165, 1.54) is 6.26 Å². The summed E-state index contributed by atoms with van der Waals surface area (Å²) in [4.78, 5) is 11.1. The number of aromatic nitrogens is 1. The Morgan fingerprint density at radius 1 is 1.57 bits per heavy atom. The van der Waals surface area contributed by atoms with Crippen molar-refractivity contribution in [2.24, 2.45) is 0 Å². The third-order valence-electron chi connectivity index (χ3n) is 1.13. The van der Waals surface area contributed by atoms with Gasteiger partial charge in [-0.15, -0.1) is 0 Å². The van der Waals surface area contributed by atoms with Crippen LogP contribution in [0, 0.1) is 11.8 Å². The van der Waals surface area contributed by atoms with E-state index in [1.807, 2.05) is 0 Å². The molecule has 0 bridgehead atoms. The Morgan fingerprint density at radius 3 is 2.79 bits per heavy atom. The van der Waals surface area contributed by atoms with Gasteiger partial charge in [-0.25, -0.2) is 4.79 Å². The number of rotatable bonds is 0. The topological polar surface area (TPSA) is 52.3 Å². The minimum atomic E-state index is -0.569. The number of ether oxygens (including phenoxy) is 1. The third kappa shape index (κ3) is 3.76. The Kier molecular flexibility index (Phi) is 2.92. The number of carbonyl (C=O) groups is 1. The summed E-state index contributed by atoms with van der Waals surface area (Å²) in [5.41, 5.74) is -0.105. The Bertz CT molecular complexity index is 362. The molecule has 0 aliphatic carbocycles. The molecule has 0 amide bonds. The van der Waals surface area contributed by atoms with Crippen LogP contribution >= 0.6 is 0 Å². The Labute approximate surface area is 82.2 Å². The lowest BCUT2D eigenvalue weighted by atomic mass is 10.2. The molecule has 0 saturated heterocycles. The number of hydrogen-bond donors (Lipinski definition) is 0. The Morgan fingerprint density at radius 2 is 2.29 bits per heavy atom. The van der Waals surface area contributed by atoms with Gasteiger partial charge in [0.15, 0.2) is 5.69 Å². The normalized spacial score (nSPS) is 10.2. The first-order valence-corrected chi connectivity index (χ1v) is 4.13. The zero-order valence-corrected chi connectivity index (χ0v) is 8.33. The number of hydrogen-bond acceptors (Lipinski definition) is 4. The molecule has 1 aromatic rings. The van der Waals surface area contributed by atoms with E-state index in [4.69, 9.17) is 4.74 Å². The molecule has 0 fully saturated rings. The van der Waals surface area contributed by atoms with Gasteiger partial charge in [0, 0.05) is 12.0 Å². The van der Waals surface area contributed by atoms with Crippen LogP contribution in [0.4, 0.5) is 0 Å². The van der Waals surface area contributed by atoms with Gasteiger partial charge in [-0.2, -0.15) is 0 Å². The molecule has 0 aliphatic heterocycles. The summed E-state index contributed by atoms with van der Waals surface area (Å²) in [5.74, 6) is 4.26. The molecule has 0 aromatic carbocycles. The molecule has 0 aliphatic rings. The van der Waals surface area contributed by atoms with Gasteiger partial charge < -0.3 is 9.26 Å². The lowest BCUT2D eigenvalue weighted by Crippen LogP contribution is -2.22. The van der Waals surface area contributed by atoms with E-state index in [9.17, 15) is 4.79 Å². The monoisotopic (exact) mass is 193 g/mol. The number of carbonyl (C=O) groups excluding carboxylic acids is 1. The van der Waals surface area contributed by atoms with Crippen LogP contribution < -0.4 is 0 Å². The second-order valence-electron chi connectivity index (χ2n) is 3.64. The van der Waals surface area contributed by atoms with E-state index < -0.39 is 11.6 Å². The Hall–Kier alpha value is -1.76. The standard InChI is InChI=1S/C10H11NO3/c1-10(2,3)14-9(12)5-4-8-6-7-13-11-8/h6-7H,1-3H3. The number of esters is 1. The van der Waals surface area contributed by atoms with Crippen molar-refractivity contribution < 1.29 is 14.1 Å². The van der Waals surface area contributed by atoms with E-state index in [0.717, 1.165) is 0 Å². The second-order valence-corrected chi connectivity index (χ2v) is 3.64. The fourth-order valence-corrected chi connectivity index (χ4v) is 0.696. The summed E-state index contributed by atoms with van der Waals surface area (Å²) in [6.07, 6.45) is 1.39. The van der Waals surface area contributed by atoms with Gasteiger partial charge in [0.05, 0.1) is 0 Å². The van der Waals surface area contributed by atoms with Crippen LogP contribution in [0.25, 0.3) is 0 Å². The van der Waals surface area contributed by atoms with Crippen molar-refractivity contribution in [3.8, 4) is 11.8 Å². The van der Waals surface area contributed by atoms with Gasteiger partial charge in [-0.05, 0) is 26.7 Å². The molecule has 0 saturated carbocycles. The molecular weight excluding hydrogens is 182 g/mol. The summed E-state index contributed by atoms with van der Waals surface area (Å²) in [6, 6.07) is 1.57. The predicted molar refractivity (Wildman–Crippen MR) is 49.2 cm³/mol. The second kappa shape index (κ2) is 3.97. The van der Waals surface area contributed by atoms with Crippen molar-refractivity contribution in [2.75, 3.05) is 0 Å². The van der Waals surface area contributed by atoms with E-state index >= 15 is 0 Å². The van der Waals surface area contributed by atoms with Crippen molar-refractivity contribution in [3.05, 3.63) is 18.0 Å². The van der Waals surface area contributed by atoms with Gasteiger partial charge in [0.25, 0.3) is 0 Å². The van der Waals surface area contributed by atoms with Crippen LogP contribution in [-0.2, 0) is 9.53 Å². The van der Waals surface area contributed by atoms with Crippen molar-refractivity contribution in [2.45, 2.75) is 26.4 Å². The van der Waals surface area contributed by atoms with E-state index in [-0.39, 0.29) is 0 Å². The zero-order chi connectivity index (χ0) is 10.6. The fourth-order valence-electron chi connectivity index (χ4n) is 0.696. The van der Waals surface area contributed by atoms with Crippen LogP contribution in [0.15, 0.2) is 16.9 Å². The van der Waals surface area contributed by atoms with Crippen LogP contribution in [0.1, 0.15) is 26.5 Å². The molecule has 0 N–H and O–H groups in total. The van der Waals surface area contributed by atoms with Crippen LogP contribution in [-0.4, -0.2) is 16.7 Å². The lowest BCUT2D eigenvalue weighted by molar-refractivity contribution is -0.147. The maximum absolute atomic E-state index is 11.1. The first-order chi connectivity index (χ1) is 6.47. The molecule has 4 heteroatoms. The lowest BCUT2D eigenvalue weighted by Gasteiger charge is -2.16. The van der Waals surface area contributed by atoms with Gasteiger partial charge >= 0.3 is 5.97 Å². The quantitative estimate of drug-likeness (QED) is 0.461. The first kappa shape index (κ1) is 10.3. The molecule has 0 spiro atoms. The van der Waals surface area contributed by atoms with Crippen molar-refractivity contribution in [3.63, 3.8) is 0 Å². The highest BCUT2D eigenvalue weighted by atomic mass is 16.6. The smallest absolute Gasteiger partial charge is 0.385 e. The molecule has 1 rings (SSSR count). The molecule has 0 radical (unpaired) electrons. The summed E-state index contributed by atoms with van der Waals surface area (Å²) in [5, 5.41) is 3.53. The maximum Gasteiger partial charge on any atom is 0.385 e. The highest BCUT2D eigenvalue weighted by molar-refractivity contribution is 5.89. The predicted octanol–water partition coefficient (Wildman–Crippen LogP) is 1.37. The molecule has 74 valence electrons. The molecular formula is C10H11NO3. The molecule has 1 heterocycles. The van der Waals surface area contributed by atoms with Gasteiger partial charge in [0.2, 0.25) is 0 Å². The number of nitrogens with zero attached hydrogens (tertiary/aromatic N) is 1. The third-order valence-corrected chi connectivity index (χ3v) is 1.13. The summed E-state index contributed by atoms with van der Waals surface area (Å²) < 4.78 is 9.51. The molecule has 0 unspecified atom stereocenters. The van der Waals surface area contributed by atoms with E-state index in [0.29, 0.717) is 5.69 Å². The Balaban J connectivity index is 2.57. The van der Waals surface area contributed by atoms with Gasteiger partial charge in [-0.3, -0.25) is 0 Å². The minimum absolute atomic E-state index is 0.413. The van der Waals surface area contributed by atoms with E-state index in [2.05, 4.69) is 21.5 Å². The highest BCUT2D eigenvalue weighted by Gasteiger charge is 2.14. The zero-order valence-electron chi connectivity index (χ0n) is 8.33. The van der Waals surface area contributed by atoms with Gasteiger partial charge in [-0.1, -0.05) is 5.16 Å². The summed E-state index contributed by atoms with van der Waals surface area (Å²) in [6.45, 7) is 5.34. The van der Waals surface area contributed by atoms with E-state index in [1.54, 1.807) is 26.8 Å². The highest BCUT2D eigenvalue weighted by Crippen LogP contribution is 2.06.